The first-order valence-electron chi connectivity index (χ1n) is 18.2. The number of nitrogens with zero attached hydrogens (tertiary/aromatic N) is 2. The maximum Gasteiger partial charge on any atom is 0.226 e. The van der Waals surface area contributed by atoms with E-state index in [1.54, 1.807) is 0 Å². The van der Waals surface area contributed by atoms with Crippen molar-refractivity contribution >= 4 is 44.5 Å². The molecule has 0 fully saturated rings. The molecule has 0 atom stereocenters. The van der Waals surface area contributed by atoms with Gasteiger partial charge in [-0.15, -0.1) is 0 Å². The number of benzene rings is 7. The first-order valence-corrected chi connectivity index (χ1v) is 18.2. The minimum absolute atomic E-state index is 1.16. The van der Waals surface area contributed by atoms with Crippen LogP contribution in [0, 0.1) is 0 Å². The molecule has 52 heavy (non-hydrogen) atoms. The summed E-state index contributed by atoms with van der Waals surface area (Å²) in [5.74, 6) is 0. The van der Waals surface area contributed by atoms with Crippen LogP contribution >= 0.6 is 0 Å². The molecule has 0 N–H and O–H groups in total. The third-order valence-corrected chi connectivity index (χ3v) is 9.75. The highest BCUT2D eigenvalue weighted by molar-refractivity contribution is 6.23. The second-order valence-corrected chi connectivity index (χ2v) is 12.8. The summed E-state index contributed by atoms with van der Waals surface area (Å²) in [7, 11) is 0. The second kappa shape index (κ2) is 14.4. The summed E-state index contributed by atoms with van der Waals surface area (Å²) in [5, 5.41) is 2.49. The molecular formula is C50H41N2+. The molecule has 7 aromatic carbocycles. The molecule has 0 aliphatic carbocycles. The largest absolute Gasteiger partial charge is 0.309 e. The first kappa shape index (κ1) is 32.7. The molecule has 8 aromatic rings. The average molecular weight is 670 g/mol. The average Bonchev–Trinajstić information content (AvgIpc) is 3.55. The molecule has 250 valence electrons. The smallest absolute Gasteiger partial charge is 0.226 e. The van der Waals surface area contributed by atoms with Crippen LogP contribution in [0.4, 0.5) is 11.4 Å². The lowest BCUT2D eigenvalue weighted by molar-refractivity contribution is 1.03. The van der Waals surface area contributed by atoms with Gasteiger partial charge in [0, 0.05) is 40.7 Å². The molecule has 0 unspecified atom stereocenters. The molecule has 2 heterocycles. The number of hydrogen-bond acceptors (Lipinski definition) is 0. The summed E-state index contributed by atoms with van der Waals surface area (Å²) in [5.41, 5.74) is 15.6. The van der Waals surface area contributed by atoms with Gasteiger partial charge in [-0.05, 0) is 88.8 Å². The van der Waals surface area contributed by atoms with Gasteiger partial charge in [0.15, 0.2) is 0 Å². The SMILES string of the molecule is C/C=C\C(=C/C1=[N+](c2ccc(-c3ccccc3)cc2)c2ccccc21)c1ccc2c(c1)c1ccccc1n2-c1cccc(-c2ccccc2)c1.CC. The van der Waals surface area contributed by atoms with Crippen molar-refractivity contribution in [3.63, 3.8) is 0 Å². The highest BCUT2D eigenvalue weighted by Crippen LogP contribution is 2.38. The third-order valence-electron chi connectivity index (χ3n) is 9.75. The van der Waals surface area contributed by atoms with Crippen molar-refractivity contribution in [3.05, 3.63) is 205 Å². The lowest BCUT2D eigenvalue weighted by atomic mass is 9.94. The topological polar surface area (TPSA) is 7.94 Å². The third kappa shape index (κ3) is 5.89. The Bertz CT molecular complexity index is 2620. The summed E-state index contributed by atoms with van der Waals surface area (Å²) in [6.45, 7) is 6.09. The molecule has 0 amide bonds. The van der Waals surface area contributed by atoms with Crippen molar-refractivity contribution in [2.45, 2.75) is 20.8 Å². The number of rotatable bonds is 7. The highest BCUT2D eigenvalue weighted by atomic mass is 15.1. The van der Waals surface area contributed by atoms with Crippen LogP contribution in [0.2, 0.25) is 0 Å². The van der Waals surface area contributed by atoms with Gasteiger partial charge in [-0.2, -0.15) is 4.58 Å². The van der Waals surface area contributed by atoms with Crippen molar-refractivity contribution < 1.29 is 0 Å². The van der Waals surface area contributed by atoms with Gasteiger partial charge in [0.1, 0.15) is 5.56 Å². The van der Waals surface area contributed by atoms with Gasteiger partial charge in [0.2, 0.25) is 17.1 Å². The zero-order valence-corrected chi connectivity index (χ0v) is 29.9. The fourth-order valence-electron chi connectivity index (χ4n) is 7.38. The van der Waals surface area contributed by atoms with Gasteiger partial charge in [-0.25, -0.2) is 0 Å². The van der Waals surface area contributed by atoms with E-state index in [4.69, 9.17) is 0 Å². The highest BCUT2D eigenvalue weighted by Gasteiger charge is 2.36. The monoisotopic (exact) mass is 669 g/mol. The maximum atomic E-state index is 2.40. The Hall–Kier alpha value is -6.51. The molecule has 0 radical (unpaired) electrons. The zero-order chi connectivity index (χ0) is 35.4. The van der Waals surface area contributed by atoms with E-state index in [1.165, 1.54) is 72.2 Å². The summed E-state index contributed by atoms with van der Waals surface area (Å²) < 4.78 is 4.77. The summed E-state index contributed by atoms with van der Waals surface area (Å²) >= 11 is 0. The minimum Gasteiger partial charge on any atom is -0.309 e. The van der Waals surface area contributed by atoms with Crippen LogP contribution in [0.15, 0.2) is 194 Å². The molecule has 1 aliphatic heterocycles. The standard InChI is InChI=1S/C48H35N2.C2H6/c1-2-14-37(33-48-43-22-10-12-24-46(43)49(48)40-28-25-36(26-29-40)34-15-5-3-6-16-34)39-27-30-47-44(32-39)42-21-9-11-23-45(42)50(47)41-20-13-19-38(31-41)35-17-7-4-8-18-35;1-2/h2-33H,1H3;1-2H3/q+1;/b14-2-;. The van der Waals surface area contributed by atoms with Crippen LogP contribution in [-0.4, -0.2) is 10.3 Å². The lowest BCUT2D eigenvalue weighted by Crippen LogP contribution is -2.27. The van der Waals surface area contributed by atoms with Crippen molar-refractivity contribution in [2.75, 3.05) is 0 Å². The van der Waals surface area contributed by atoms with Gasteiger partial charge in [0.25, 0.3) is 0 Å². The van der Waals surface area contributed by atoms with E-state index in [0.717, 1.165) is 11.4 Å². The quantitative estimate of drug-likeness (QED) is 0.118. The van der Waals surface area contributed by atoms with Crippen molar-refractivity contribution in [1.82, 2.24) is 9.14 Å². The predicted molar refractivity (Wildman–Crippen MR) is 224 cm³/mol. The summed E-state index contributed by atoms with van der Waals surface area (Å²) in [6, 6.07) is 63.3. The van der Waals surface area contributed by atoms with Crippen LogP contribution in [0.25, 0.3) is 55.3 Å². The van der Waals surface area contributed by atoms with Crippen LogP contribution in [-0.2, 0) is 0 Å². The van der Waals surface area contributed by atoms with Gasteiger partial charge in [-0.1, -0.05) is 135 Å². The van der Waals surface area contributed by atoms with Crippen molar-refractivity contribution in [3.8, 4) is 27.9 Å². The van der Waals surface area contributed by atoms with Crippen molar-refractivity contribution in [1.29, 1.82) is 0 Å². The van der Waals surface area contributed by atoms with Crippen LogP contribution in [0.5, 0.6) is 0 Å². The van der Waals surface area contributed by atoms with E-state index < -0.39 is 0 Å². The van der Waals surface area contributed by atoms with Crippen molar-refractivity contribution in [2.24, 2.45) is 0 Å². The fourth-order valence-corrected chi connectivity index (χ4v) is 7.38. The number of fused-ring (bicyclic) bond motifs is 4. The van der Waals surface area contributed by atoms with Gasteiger partial charge in [-0.3, -0.25) is 0 Å². The molecule has 0 bridgehead atoms. The summed E-state index contributed by atoms with van der Waals surface area (Å²) in [4.78, 5) is 0. The molecule has 1 aliphatic rings. The Morgan fingerprint density at radius 3 is 1.88 bits per heavy atom. The Labute approximate surface area is 306 Å². The van der Waals surface area contributed by atoms with Crippen LogP contribution in [0.1, 0.15) is 31.9 Å². The van der Waals surface area contributed by atoms with E-state index in [1.807, 2.05) is 13.8 Å². The van der Waals surface area contributed by atoms with Crippen LogP contribution < -0.4 is 4.58 Å². The van der Waals surface area contributed by atoms with Gasteiger partial charge in [0.05, 0.1) is 11.0 Å². The second-order valence-electron chi connectivity index (χ2n) is 12.8. The Morgan fingerprint density at radius 1 is 0.519 bits per heavy atom. The molecule has 0 saturated heterocycles. The van der Waals surface area contributed by atoms with E-state index in [2.05, 4.69) is 210 Å². The number of hydrogen-bond donors (Lipinski definition) is 0. The Kier molecular flexibility index (Phi) is 9.04. The first-order chi connectivity index (χ1) is 25.8. The lowest BCUT2D eigenvalue weighted by Gasteiger charge is -2.18. The predicted octanol–water partition coefficient (Wildman–Crippen LogP) is 13.4. The van der Waals surface area contributed by atoms with E-state index >= 15 is 0 Å². The number of allylic oxidation sites excluding steroid dienone is 4. The zero-order valence-electron chi connectivity index (χ0n) is 29.9. The molecule has 0 spiro atoms. The molecule has 1 aromatic heterocycles. The molecular weight excluding hydrogens is 629 g/mol. The number of aromatic nitrogens is 1. The van der Waals surface area contributed by atoms with Gasteiger partial charge < -0.3 is 4.57 Å². The summed E-state index contributed by atoms with van der Waals surface area (Å²) in [6.07, 6.45) is 6.71. The minimum atomic E-state index is 1.16. The fraction of sp³-hybridized carbons (Fsp3) is 0.0600. The number of para-hydroxylation sites is 2. The van der Waals surface area contributed by atoms with E-state index in [9.17, 15) is 0 Å². The molecule has 0 saturated carbocycles. The van der Waals surface area contributed by atoms with Crippen LogP contribution in [0.3, 0.4) is 0 Å². The normalized spacial score (nSPS) is 12.5. The molecule has 2 nitrogen and oxygen atoms in total. The van der Waals surface area contributed by atoms with Gasteiger partial charge >= 0.3 is 0 Å². The molecule has 9 rings (SSSR count). The van der Waals surface area contributed by atoms with E-state index in [0.29, 0.717) is 0 Å². The maximum absolute atomic E-state index is 2.40. The Balaban J connectivity index is 0.00000190. The molecule has 2 heteroatoms. The Morgan fingerprint density at radius 2 is 1.13 bits per heavy atom. The van der Waals surface area contributed by atoms with E-state index in [-0.39, 0.29) is 0 Å².